The van der Waals surface area contributed by atoms with Gasteiger partial charge in [0.05, 0.1) is 23.0 Å². The molecule has 1 fully saturated rings. The Morgan fingerprint density at radius 3 is 2.30 bits per heavy atom. The first-order chi connectivity index (χ1) is 12.9. The third-order valence-electron chi connectivity index (χ3n) is 4.86. The number of rotatable bonds is 5. The summed E-state index contributed by atoms with van der Waals surface area (Å²) < 4.78 is 33.2. The summed E-state index contributed by atoms with van der Waals surface area (Å²) in [5.41, 5.74) is 0.791. The summed E-state index contributed by atoms with van der Waals surface area (Å²) >= 11 is 0. The molecule has 0 aliphatic carbocycles. The summed E-state index contributed by atoms with van der Waals surface area (Å²) in [4.78, 5) is 10.4. The maximum atomic E-state index is 13.3. The summed E-state index contributed by atoms with van der Waals surface area (Å²) in [6.45, 7) is 0.427. The predicted molar refractivity (Wildman–Crippen MR) is 101 cm³/mol. The van der Waals surface area contributed by atoms with Crippen molar-refractivity contribution < 1.29 is 18.1 Å². The monoisotopic (exact) mass is 390 g/mol. The van der Waals surface area contributed by atoms with Gasteiger partial charge in [0.15, 0.2) is 0 Å². The number of nitro benzene ring substituents is 1. The molecule has 2 aromatic rings. The lowest BCUT2D eigenvalue weighted by Crippen LogP contribution is -2.34. The van der Waals surface area contributed by atoms with Gasteiger partial charge in [-0.1, -0.05) is 25.0 Å². The molecule has 8 heteroatoms. The first-order valence-electron chi connectivity index (χ1n) is 8.84. The Balaban J connectivity index is 1.96. The lowest BCUT2D eigenvalue weighted by Gasteiger charge is -2.29. The highest BCUT2D eigenvalue weighted by Crippen LogP contribution is 2.35. The Labute approximate surface area is 158 Å². The van der Waals surface area contributed by atoms with Crippen molar-refractivity contribution in [1.82, 2.24) is 4.31 Å². The minimum Gasteiger partial charge on any atom is -0.497 e. The van der Waals surface area contributed by atoms with Crippen LogP contribution in [0, 0.1) is 10.1 Å². The Kier molecular flexibility index (Phi) is 5.76. The molecule has 0 saturated carbocycles. The summed E-state index contributed by atoms with van der Waals surface area (Å²) in [5.74, 6) is 0.720. The maximum absolute atomic E-state index is 13.3. The molecule has 27 heavy (non-hydrogen) atoms. The van der Waals surface area contributed by atoms with E-state index in [2.05, 4.69) is 0 Å². The fourth-order valence-corrected chi connectivity index (χ4v) is 5.09. The molecule has 0 aromatic heterocycles. The van der Waals surface area contributed by atoms with Gasteiger partial charge in [-0.3, -0.25) is 10.1 Å². The number of non-ortho nitro benzene ring substituents is 1. The molecule has 0 bridgehead atoms. The molecule has 1 heterocycles. The zero-order valence-electron chi connectivity index (χ0n) is 15.1. The number of benzene rings is 2. The summed E-state index contributed by atoms with van der Waals surface area (Å²) in [6.07, 6.45) is 3.44. The fraction of sp³-hybridized carbons (Fsp3) is 0.368. The van der Waals surface area contributed by atoms with E-state index in [1.165, 1.54) is 28.6 Å². The van der Waals surface area contributed by atoms with Gasteiger partial charge in [-0.05, 0) is 42.7 Å². The number of hydrogen-bond acceptors (Lipinski definition) is 5. The van der Waals surface area contributed by atoms with E-state index in [0.29, 0.717) is 6.54 Å². The van der Waals surface area contributed by atoms with Crippen molar-refractivity contribution in [3.8, 4) is 5.75 Å². The third-order valence-corrected chi connectivity index (χ3v) is 6.78. The molecule has 1 atom stereocenters. The van der Waals surface area contributed by atoms with Crippen molar-refractivity contribution in [2.75, 3.05) is 13.7 Å². The molecule has 0 spiro atoms. The summed E-state index contributed by atoms with van der Waals surface area (Å²) in [5, 5.41) is 10.8. The molecule has 0 unspecified atom stereocenters. The third kappa shape index (κ3) is 4.12. The molecular weight excluding hydrogens is 368 g/mol. The molecule has 3 rings (SSSR count). The lowest BCUT2D eigenvalue weighted by molar-refractivity contribution is -0.384. The number of nitro groups is 1. The quantitative estimate of drug-likeness (QED) is 0.570. The van der Waals surface area contributed by atoms with Gasteiger partial charge < -0.3 is 4.74 Å². The van der Waals surface area contributed by atoms with E-state index in [0.717, 1.165) is 37.0 Å². The molecule has 7 nitrogen and oxygen atoms in total. The molecular formula is C19H22N2O5S. The number of hydrogen-bond donors (Lipinski definition) is 0. The van der Waals surface area contributed by atoms with Crippen LogP contribution in [-0.2, 0) is 10.0 Å². The fourth-order valence-electron chi connectivity index (χ4n) is 3.40. The Morgan fingerprint density at radius 2 is 1.70 bits per heavy atom. The highest BCUT2D eigenvalue weighted by Gasteiger charge is 2.33. The van der Waals surface area contributed by atoms with E-state index >= 15 is 0 Å². The van der Waals surface area contributed by atoms with E-state index < -0.39 is 14.9 Å². The van der Waals surface area contributed by atoms with Crippen molar-refractivity contribution in [3.05, 3.63) is 64.2 Å². The van der Waals surface area contributed by atoms with Crippen LogP contribution in [0.5, 0.6) is 5.75 Å². The Bertz CT molecular complexity index is 895. The van der Waals surface area contributed by atoms with Gasteiger partial charge in [0.2, 0.25) is 10.0 Å². The zero-order chi connectivity index (χ0) is 19.4. The summed E-state index contributed by atoms with van der Waals surface area (Å²) in [7, 11) is -2.17. The van der Waals surface area contributed by atoms with Gasteiger partial charge in [-0.2, -0.15) is 4.31 Å². The average molecular weight is 390 g/mol. The molecule has 0 N–H and O–H groups in total. The highest BCUT2D eigenvalue weighted by atomic mass is 32.2. The second-order valence-corrected chi connectivity index (χ2v) is 8.40. The molecule has 144 valence electrons. The van der Waals surface area contributed by atoms with Gasteiger partial charge in [0.1, 0.15) is 5.75 Å². The van der Waals surface area contributed by atoms with Gasteiger partial charge in [-0.25, -0.2) is 8.42 Å². The molecule has 1 aliphatic heterocycles. The molecule has 0 radical (unpaired) electrons. The molecule has 2 aromatic carbocycles. The second-order valence-electron chi connectivity index (χ2n) is 6.51. The van der Waals surface area contributed by atoms with E-state index in [9.17, 15) is 18.5 Å². The van der Waals surface area contributed by atoms with Crippen LogP contribution in [-0.4, -0.2) is 31.3 Å². The largest absolute Gasteiger partial charge is 0.497 e. The SMILES string of the molecule is COc1ccc([C@@H]2CCCCCN2S(=O)(=O)c2ccc([N+](=O)[O-])cc2)cc1. The zero-order valence-corrected chi connectivity index (χ0v) is 15.9. The maximum Gasteiger partial charge on any atom is 0.269 e. The van der Waals surface area contributed by atoms with E-state index in [1.54, 1.807) is 7.11 Å². The standard InChI is InChI=1S/C19H22N2O5S/c1-26-17-10-6-15(7-11-17)19-5-3-2-4-14-20(19)27(24,25)18-12-8-16(9-13-18)21(22)23/h6-13,19H,2-5,14H2,1H3/t19-/m0/s1. The summed E-state index contributed by atoms with van der Waals surface area (Å²) in [6, 6.07) is 12.3. The van der Waals surface area contributed by atoms with Gasteiger partial charge in [0, 0.05) is 18.7 Å². The van der Waals surface area contributed by atoms with Crippen molar-refractivity contribution in [2.24, 2.45) is 0 Å². The van der Waals surface area contributed by atoms with E-state index in [1.807, 2.05) is 24.3 Å². The van der Waals surface area contributed by atoms with Crippen LogP contribution in [0.15, 0.2) is 53.4 Å². The van der Waals surface area contributed by atoms with Crippen molar-refractivity contribution in [1.29, 1.82) is 0 Å². The van der Waals surface area contributed by atoms with Crippen LogP contribution in [0.25, 0.3) is 0 Å². The number of methoxy groups -OCH3 is 1. The predicted octanol–water partition coefficient (Wildman–Crippen LogP) is 3.91. The normalized spacial score (nSPS) is 18.6. The van der Waals surface area contributed by atoms with Crippen LogP contribution in [0.3, 0.4) is 0 Å². The smallest absolute Gasteiger partial charge is 0.269 e. The van der Waals surface area contributed by atoms with Crippen LogP contribution < -0.4 is 4.74 Å². The van der Waals surface area contributed by atoms with Crippen LogP contribution in [0.2, 0.25) is 0 Å². The van der Waals surface area contributed by atoms with Gasteiger partial charge >= 0.3 is 0 Å². The van der Waals surface area contributed by atoms with Crippen molar-refractivity contribution in [3.63, 3.8) is 0 Å². The minimum absolute atomic E-state index is 0.0773. The average Bonchev–Trinajstić information content (AvgIpc) is 2.95. The molecule has 0 amide bonds. The van der Waals surface area contributed by atoms with E-state index in [-0.39, 0.29) is 16.6 Å². The molecule has 1 aliphatic rings. The van der Waals surface area contributed by atoms with Crippen molar-refractivity contribution >= 4 is 15.7 Å². The van der Waals surface area contributed by atoms with E-state index in [4.69, 9.17) is 4.74 Å². The van der Waals surface area contributed by atoms with Gasteiger partial charge in [0.25, 0.3) is 5.69 Å². The lowest BCUT2D eigenvalue weighted by atomic mass is 10.0. The topological polar surface area (TPSA) is 89.8 Å². The van der Waals surface area contributed by atoms with Gasteiger partial charge in [-0.15, -0.1) is 0 Å². The van der Waals surface area contributed by atoms with Crippen LogP contribution in [0.1, 0.15) is 37.3 Å². The Hall–Kier alpha value is -2.45. The Morgan fingerprint density at radius 1 is 1.04 bits per heavy atom. The highest BCUT2D eigenvalue weighted by molar-refractivity contribution is 7.89. The minimum atomic E-state index is -3.76. The second kappa shape index (κ2) is 8.06. The van der Waals surface area contributed by atoms with Crippen LogP contribution >= 0.6 is 0 Å². The first kappa shape index (κ1) is 19.3. The number of nitrogens with zero attached hydrogens (tertiary/aromatic N) is 2. The molecule has 1 saturated heterocycles. The van der Waals surface area contributed by atoms with Crippen LogP contribution in [0.4, 0.5) is 5.69 Å². The number of sulfonamides is 1. The van der Waals surface area contributed by atoms with Crippen molar-refractivity contribution in [2.45, 2.75) is 36.6 Å². The number of ether oxygens (including phenoxy) is 1. The first-order valence-corrected chi connectivity index (χ1v) is 10.3.